The highest BCUT2D eigenvalue weighted by Crippen LogP contribution is 2.26. The van der Waals surface area contributed by atoms with Crippen molar-refractivity contribution in [2.75, 3.05) is 11.2 Å². The number of halogens is 1. The molecule has 0 spiro atoms. The molecular formula is C11H12ClNO2S. The van der Waals surface area contributed by atoms with Gasteiger partial charge in [0.15, 0.2) is 5.12 Å². The number of hydrogen-bond donors (Lipinski definition) is 1. The monoisotopic (exact) mass is 257 g/mol. The van der Waals surface area contributed by atoms with Crippen molar-refractivity contribution in [2.45, 2.75) is 18.7 Å². The number of thioether (sulfide) groups is 1. The minimum atomic E-state index is -0.260. The molecule has 1 N–H and O–H groups in total. The van der Waals surface area contributed by atoms with Crippen molar-refractivity contribution in [2.24, 2.45) is 0 Å². The number of carbonyl (C=O) groups excluding carboxylic acids is 2. The van der Waals surface area contributed by atoms with Crippen molar-refractivity contribution in [3.8, 4) is 0 Å². The molecule has 0 radical (unpaired) electrons. The van der Waals surface area contributed by atoms with Crippen LogP contribution in [0.3, 0.4) is 0 Å². The second-order valence-electron chi connectivity index (χ2n) is 3.26. The number of nitrogens with one attached hydrogen (secondary N) is 1. The maximum Gasteiger partial charge on any atom is 0.239 e. The number of amides is 1. The quantitative estimate of drug-likeness (QED) is 0.669. The summed E-state index contributed by atoms with van der Waals surface area (Å²) in [5.74, 6) is -0.340. The molecule has 0 saturated carbocycles. The van der Waals surface area contributed by atoms with E-state index in [0.29, 0.717) is 5.69 Å². The Labute approximate surface area is 104 Å². The molecule has 0 unspecified atom stereocenters. The van der Waals surface area contributed by atoms with Crippen LogP contribution in [0.5, 0.6) is 0 Å². The minimum Gasteiger partial charge on any atom is -0.325 e. The summed E-state index contributed by atoms with van der Waals surface area (Å²) in [6.07, 6.45) is 0. The molecule has 1 aromatic carbocycles. The fraction of sp³-hybridized carbons (Fsp3) is 0.273. The largest absolute Gasteiger partial charge is 0.325 e. The van der Waals surface area contributed by atoms with Gasteiger partial charge in [0, 0.05) is 17.5 Å². The summed E-state index contributed by atoms with van der Waals surface area (Å²) in [5.41, 5.74) is 1.66. The molecule has 0 bridgehead atoms. The number of rotatable bonds is 3. The number of aryl methyl sites for hydroxylation is 1. The van der Waals surface area contributed by atoms with Gasteiger partial charge in [0.2, 0.25) is 5.91 Å². The van der Waals surface area contributed by atoms with Gasteiger partial charge in [-0.1, -0.05) is 17.8 Å². The van der Waals surface area contributed by atoms with Crippen LogP contribution in [0.2, 0.25) is 0 Å². The van der Waals surface area contributed by atoms with Crippen LogP contribution in [0.4, 0.5) is 5.69 Å². The van der Waals surface area contributed by atoms with Crippen molar-refractivity contribution in [1.82, 2.24) is 0 Å². The molecule has 0 aliphatic heterocycles. The van der Waals surface area contributed by atoms with E-state index in [1.54, 1.807) is 12.1 Å². The lowest BCUT2D eigenvalue weighted by atomic mass is 10.2. The first-order valence-electron chi connectivity index (χ1n) is 4.68. The van der Waals surface area contributed by atoms with Crippen molar-refractivity contribution < 1.29 is 9.59 Å². The van der Waals surface area contributed by atoms with E-state index in [0.717, 1.165) is 22.2 Å². The standard InChI is InChI=1S/C11H12ClNO2S/c1-7-3-4-9(13-11(15)6-12)5-10(7)16-8(2)14/h3-5H,6H2,1-2H3,(H,13,15). The topological polar surface area (TPSA) is 46.2 Å². The van der Waals surface area contributed by atoms with E-state index < -0.39 is 0 Å². The van der Waals surface area contributed by atoms with Gasteiger partial charge in [-0.2, -0.15) is 0 Å². The molecule has 86 valence electrons. The van der Waals surface area contributed by atoms with Gasteiger partial charge < -0.3 is 5.32 Å². The SMILES string of the molecule is CC(=O)Sc1cc(NC(=O)CCl)ccc1C. The van der Waals surface area contributed by atoms with Crippen LogP contribution >= 0.6 is 23.4 Å². The molecular weight excluding hydrogens is 246 g/mol. The van der Waals surface area contributed by atoms with Crippen LogP contribution in [0.25, 0.3) is 0 Å². The number of alkyl halides is 1. The fourth-order valence-electron chi connectivity index (χ4n) is 1.14. The van der Waals surface area contributed by atoms with Crippen molar-refractivity contribution >= 4 is 40.1 Å². The summed E-state index contributed by atoms with van der Waals surface area (Å²) in [4.78, 5) is 22.9. The lowest BCUT2D eigenvalue weighted by Gasteiger charge is -2.07. The van der Waals surface area contributed by atoms with Gasteiger partial charge in [-0.25, -0.2) is 0 Å². The van der Waals surface area contributed by atoms with Gasteiger partial charge in [-0.15, -0.1) is 11.6 Å². The number of anilines is 1. The Balaban J connectivity index is 2.88. The normalized spacial score (nSPS) is 9.94. The van der Waals surface area contributed by atoms with Crippen LogP contribution in [-0.4, -0.2) is 16.9 Å². The van der Waals surface area contributed by atoms with E-state index in [-0.39, 0.29) is 16.9 Å². The Morgan fingerprint density at radius 3 is 2.69 bits per heavy atom. The third-order valence-corrected chi connectivity index (χ3v) is 3.04. The minimum absolute atomic E-state index is 0.0175. The number of hydrogen-bond acceptors (Lipinski definition) is 3. The van der Waals surface area contributed by atoms with E-state index in [1.807, 2.05) is 13.0 Å². The fourth-order valence-corrected chi connectivity index (χ4v) is 1.93. The zero-order valence-corrected chi connectivity index (χ0v) is 10.6. The molecule has 0 atom stereocenters. The first-order chi connectivity index (χ1) is 7.52. The van der Waals surface area contributed by atoms with Gasteiger partial charge >= 0.3 is 0 Å². The predicted octanol–water partition coefficient (Wildman–Crippen LogP) is 2.81. The van der Waals surface area contributed by atoms with Crippen LogP contribution < -0.4 is 5.32 Å². The van der Waals surface area contributed by atoms with E-state index >= 15 is 0 Å². The molecule has 3 nitrogen and oxygen atoms in total. The molecule has 16 heavy (non-hydrogen) atoms. The Bertz CT molecular complexity index is 420. The number of carbonyl (C=O) groups is 2. The predicted molar refractivity (Wildman–Crippen MR) is 67.1 cm³/mol. The average Bonchev–Trinajstić information content (AvgIpc) is 2.22. The second-order valence-corrected chi connectivity index (χ2v) is 4.74. The van der Waals surface area contributed by atoms with Crippen molar-refractivity contribution in [3.63, 3.8) is 0 Å². The summed E-state index contributed by atoms with van der Waals surface area (Å²) < 4.78 is 0. The highest BCUT2D eigenvalue weighted by atomic mass is 35.5. The Kier molecular flexibility index (Phi) is 4.83. The maximum absolute atomic E-state index is 11.1. The maximum atomic E-state index is 11.1. The second kappa shape index (κ2) is 5.92. The summed E-state index contributed by atoms with van der Waals surface area (Å²) >= 11 is 6.54. The van der Waals surface area contributed by atoms with Crippen LogP contribution in [0, 0.1) is 6.92 Å². The zero-order chi connectivity index (χ0) is 12.1. The van der Waals surface area contributed by atoms with Crippen molar-refractivity contribution in [3.05, 3.63) is 23.8 Å². The summed E-state index contributed by atoms with van der Waals surface area (Å²) in [6, 6.07) is 5.41. The molecule has 0 aromatic heterocycles. The van der Waals surface area contributed by atoms with Gasteiger partial charge in [0.05, 0.1) is 0 Å². The molecule has 0 aliphatic rings. The Morgan fingerprint density at radius 2 is 2.12 bits per heavy atom. The van der Waals surface area contributed by atoms with E-state index in [1.165, 1.54) is 6.92 Å². The lowest BCUT2D eigenvalue weighted by Crippen LogP contribution is -2.12. The molecule has 1 amide bonds. The van der Waals surface area contributed by atoms with E-state index in [4.69, 9.17) is 11.6 Å². The Morgan fingerprint density at radius 1 is 1.44 bits per heavy atom. The van der Waals surface area contributed by atoms with Crippen LogP contribution in [0.15, 0.2) is 23.1 Å². The molecule has 1 rings (SSSR count). The summed E-state index contributed by atoms with van der Waals surface area (Å²) in [5, 5.41) is 2.65. The van der Waals surface area contributed by atoms with Gasteiger partial charge in [-0.3, -0.25) is 9.59 Å². The van der Waals surface area contributed by atoms with Gasteiger partial charge in [-0.05, 0) is 24.6 Å². The van der Waals surface area contributed by atoms with Crippen molar-refractivity contribution in [1.29, 1.82) is 0 Å². The van der Waals surface area contributed by atoms with Crippen LogP contribution in [0.1, 0.15) is 12.5 Å². The molecule has 5 heteroatoms. The molecule has 0 heterocycles. The van der Waals surface area contributed by atoms with Gasteiger partial charge in [0.25, 0.3) is 0 Å². The smallest absolute Gasteiger partial charge is 0.239 e. The average molecular weight is 258 g/mol. The van der Waals surface area contributed by atoms with Gasteiger partial charge in [0.1, 0.15) is 5.88 Å². The first-order valence-corrected chi connectivity index (χ1v) is 6.03. The third kappa shape index (κ3) is 3.87. The first kappa shape index (κ1) is 13.1. The molecule has 1 aromatic rings. The highest BCUT2D eigenvalue weighted by Gasteiger charge is 2.06. The molecule has 0 aliphatic carbocycles. The van der Waals surface area contributed by atoms with E-state index in [2.05, 4.69) is 5.32 Å². The zero-order valence-electron chi connectivity index (χ0n) is 9.04. The Hall–Kier alpha value is -1.00. The summed E-state index contributed by atoms with van der Waals surface area (Å²) in [7, 11) is 0. The van der Waals surface area contributed by atoms with Crippen LogP contribution in [-0.2, 0) is 9.59 Å². The molecule has 0 saturated heterocycles. The number of benzene rings is 1. The molecule has 0 fully saturated rings. The summed E-state index contributed by atoms with van der Waals surface area (Å²) in [6.45, 7) is 3.42. The highest BCUT2D eigenvalue weighted by molar-refractivity contribution is 8.13. The third-order valence-electron chi connectivity index (χ3n) is 1.85. The van der Waals surface area contributed by atoms with E-state index in [9.17, 15) is 9.59 Å². The lowest BCUT2D eigenvalue weighted by molar-refractivity contribution is -0.114.